The maximum Gasteiger partial charge on any atom is 0.308 e. The lowest BCUT2D eigenvalue weighted by molar-refractivity contribution is -0.144. The third-order valence-corrected chi connectivity index (χ3v) is 7.35. The zero-order valence-corrected chi connectivity index (χ0v) is 20.7. The summed E-state index contributed by atoms with van der Waals surface area (Å²) in [7, 11) is -2.24. The summed E-state index contributed by atoms with van der Waals surface area (Å²) < 4.78 is 18.4. The van der Waals surface area contributed by atoms with Gasteiger partial charge in [-0.1, -0.05) is 30.1 Å². The summed E-state index contributed by atoms with van der Waals surface area (Å²) >= 11 is 22.4. The molecule has 0 amide bonds. The third kappa shape index (κ3) is 8.63. The van der Waals surface area contributed by atoms with Gasteiger partial charge in [-0.05, 0) is 73.0 Å². The molecule has 1 atom stereocenters. The first kappa shape index (κ1) is 25.4. The monoisotopic (exact) mass is 518 g/mol. The SMILES string of the molecule is COC(=O)[C@H](C)CP(=O)(NC(=S)Nc1ccc(Cl)cc1)NC(=S)Nc1ccc(Cl)cc1. The molecule has 0 spiro atoms. The molecular formula is C19H21Cl2N4O3PS2. The number of hydrogen-bond acceptors (Lipinski definition) is 5. The van der Waals surface area contributed by atoms with Crippen molar-refractivity contribution in [3.63, 3.8) is 0 Å². The second-order valence-corrected chi connectivity index (χ2v) is 10.5. The van der Waals surface area contributed by atoms with Crippen LogP contribution in [0.2, 0.25) is 10.0 Å². The van der Waals surface area contributed by atoms with E-state index in [1.165, 1.54) is 7.11 Å². The number of carbonyl (C=O) groups excluding carboxylic acids is 1. The van der Waals surface area contributed by atoms with E-state index in [1.54, 1.807) is 55.5 Å². The molecular weight excluding hydrogens is 498 g/mol. The van der Waals surface area contributed by atoms with Gasteiger partial charge in [-0.3, -0.25) is 19.5 Å². The first-order chi connectivity index (χ1) is 14.6. The molecule has 7 nitrogen and oxygen atoms in total. The van der Waals surface area contributed by atoms with Crippen molar-refractivity contribution in [2.45, 2.75) is 6.92 Å². The van der Waals surface area contributed by atoms with Crippen LogP contribution in [0.1, 0.15) is 6.92 Å². The summed E-state index contributed by atoms with van der Waals surface area (Å²) in [6.07, 6.45) is -0.0927. The molecule has 0 heterocycles. The minimum atomic E-state index is -3.51. The van der Waals surface area contributed by atoms with Crippen molar-refractivity contribution >= 4 is 82.6 Å². The molecule has 0 aromatic heterocycles. The summed E-state index contributed by atoms with van der Waals surface area (Å²) in [6, 6.07) is 13.6. The van der Waals surface area contributed by atoms with Crippen molar-refractivity contribution in [1.82, 2.24) is 10.2 Å². The van der Waals surface area contributed by atoms with E-state index in [4.69, 9.17) is 52.4 Å². The first-order valence-electron chi connectivity index (χ1n) is 8.97. The fourth-order valence-electron chi connectivity index (χ4n) is 2.49. The van der Waals surface area contributed by atoms with Crippen LogP contribution in [0.3, 0.4) is 0 Å². The van der Waals surface area contributed by atoms with Gasteiger partial charge in [0.1, 0.15) is 0 Å². The Kier molecular flexibility index (Phi) is 9.53. The molecule has 0 saturated carbocycles. The molecule has 0 radical (unpaired) electrons. The Labute approximate surface area is 201 Å². The van der Waals surface area contributed by atoms with Crippen molar-refractivity contribution in [3.8, 4) is 0 Å². The highest BCUT2D eigenvalue weighted by Gasteiger charge is 2.30. The minimum Gasteiger partial charge on any atom is -0.469 e. The molecule has 2 aromatic rings. The topological polar surface area (TPSA) is 91.5 Å². The van der Waals surface area contributed by atoms with E-state index in [9.17, 15) is 9.36 Å². The lowest BCUT2D eigenvalue weighted by atomic mass is 10.2. The normalized spacial score (nSPS) is 11.7. The van der Waals surface area contributed by atoms with E-state index in [1.807, 2.05) is 0 Å². The van der Waals surface area contributed by atoms with Gasteiger partial charge < -0.3 is 15.4 Å². The van der Waals surface area contributed by atoms with Gasteiger partial charge in [0.2, 0.25) is 0 Å². The molecule has 0 aliphatic heterocycles. The Balaban J connectivity index is 2.12. The zero-order chi connectivity index (χ0) is 23.0. The summed E-state index contributed by atoms with van der Waals surface area (Å²) in [4.78, 5) is 11.9. The number of hydrogen-bond donors (Lipinski definition) is 4. The molecule has 4 N–H and O–H groups in total. The van der Waals surface area contributed by atoms with Crippen molar-refractivity contribution in [2.75, 3.05) is 23.9 Å². The highest BCUT2D eigenvalue weighted by Crippen LogP contribution is 2.39. The molecule has 0 unspecified atom stereocenters. The second-order valence-electron chi connectivity index (χ2n) is 6.49. The maximum absolute atomic E-state index is 13.6. The highest BCUT2D eigenvalue weighted by atomic mass is 35.5. The predicted octanol–water partition coefficient (Wildman–Crippen LogP) is 5.27. The summed E-state index contributed by atoms with van der Waals surface area (Å²) in [5, 5.41) is 12.7. The number of esters is 1. The number of halogens is 2. The van der Waals surface area contributed by atoms with E-state index in [-0.39, 0.29) is 16.4 Å². The van der Waals surface area contributed by atoms with Crippen molar-refractivity contribution in [2.24, 2.45) is 5.92 Å². The van der Waals surface area contributed by atoms with Crippen molar-refractivity contribution < 1.29 is 14.1 Å². The van der Waals surface area contributed by atoms with Gasteiger partial charge in [-0.2, -0.15) is 0 Å². The summed E-state index contributed by atoms with van der Waals surface area (Å²) in [5.41, 5.74) is 1.30. The first-order valence-corrected chi connectivity index (χ1v) is 12.4. The molecule has 0 fully saturated rings. The highest BCUT2D eigenvalue weighted by molar-refractivity contribution is 7.82. The molecule has 31 heavy (non-hydrogen) atoms. The van der Waals surface area contributed by atoms with E-state index in [2.05, 4.69) is 20.8 Å². The Morgan fingerprint density at radius 1 is 0.935 bits per heavy atom. The third-order valence-electron chi connectivity index (χ3n) is 3.90. The van der Waals surface area contributed by atoms with Gasteiger partial charge in [-0.15, -0.1) is 0 Å². The van der Waals surface area contributed by atoms with Gasteiger partial charge in [-0.25, -0.2) is 0 Å². The number of benzene rings is 2. The number of nitrogens with one attached hydrogen (secondary N) is 4. The van der Waals surface area contributed by atoms with E-state index in [0.29, 0.717) is 21.4 Å². The number of carbonyl (C=O) groups is 1. The van der Waals surface area contributed by atoms with Crippen LogP contribution >= 0.6 is 55.1 Å². The molecule has 0 aliphatic carbocycles. The van der Waals surface area contributed by atoms with Crippen LogP contribution in [0, 0.1) is 5.92 Å². The smallest absolute Gasteiger partial charge is 0.308 e. The Hall–Kier alpha value is -1.90. The van der Waals surface area contributed by atoms with Crippen molar-refractivity contribution in [3.05, 3.63) is 58.6 Å². The zero-order valence-electron chi connectivity index (χ0n) is 16.6. The Morgan fingerprint density at radius 2 is 1.32 bits per heavy atom. The van der Waals surface area contributed by atoms with Crippen LogP contribution in [-0.4, -0.2) is 29.5 Å². The number of methoxy groups -OCH3 is 1. The molecule has 2 rings (SSSR count). The summed E-state index contributed by atoms with van der Waals surface area (Å²) in [6.45, 7) is 1.60. The number of rotatable bonds is 7. The van der Waals surface area contributed by atoms with Crippen LogP contribution in [0.4, 0.5) is 11.4 Å². The molecule has 0 aliphatic rings. The second kappa shape index (κ2) is 11.6. The molecule has 12 heteroatoms. The molecule has 0 bridgehead atoms. The van der Waals surface area contributed by atoms with Crippen LogP contribution in [0.25, 0.3) is 0 Å². The van der Waals surface area contributed by atoms with E-state index in [0.717, 1.165) is 0 Å². The largest absolute Gasteiger partial charge is 0.469 e. The van der Waals surface area contributed by atoms with Gasteiger partial charge >= 0.3 is 5.97 Å². The summed E-state index contributed by atoms with van der Waals surface area (Å²) in [5.74, 6) is -1.18. The Morgan fingerprint density at radius 3 is 1.68 bits per heavy atom. The maximum atomic E-state index is 13.6. The quantitative estimate of drug-likeness (QED) is 0.222. The lowest BCUT2D eigenvalue weighted by Gasteiger charge is -2.25. The van der Waals surface area contributed by atoms with Crippen molar-refractivity contribution in [1.29, 1.82) is 0 Å². The van der Waals surface area contributed by atoms with Crippen LogP contribution in [-0.2, 0) is 14.1 Å². The van der Waals surface area contributed by atoms with E-state index < -0.39 is 19.3 Å². The van der Waals surface area contributed by atoms with Gasteiger partial charge in [0.05, 0.1) is 19.2 Å². The number of anilines is 2. The van der Waals surface area contributed by atoms with Gasteiger partial charge in [0, 0.05) is 21.4 Å². The molecule has 166 valence electrons. The number of thiocarbonyl (C=S) groups is 2. The van der Waals surface area contributed by atoms with Crippen LogP contribution < -0.4 is 20.8 Å². The Bertz CT molecular complexity index is 925. The standard InChI is InChI=1S/C19H21Cl2N4O3PS2/c1-12(17(26)28-2)11-29(27,24-18(30)22-15-7-3-13(20)4-8-15)25-19(31)23-16-9-5-14(21)6-10-16/h3-10,12H,11H2,1-2H3,(H4,22,23,24,25,27,30,31)/t12-/m1/s1. The fraction of sp³-hybridized carbons (Fsp3) is 0.211. The number of ether oxygens (including phenoxy) is 1. The molecule has 0 saturated heterocycles. The van der Waals surface area contributed by atoms with Gasteiger partial charge in [0.15, 0.2) is 10.2 Å². The molecule has 2 aromatic carbocycles. The minimum absolute atomic E-state index is 0.0875. The predicted molar refractivity (Wildman–Crippen MR) is 135 cm³/mol. The lowest BCUT2D eigenvalue weighted by Crippen LogP contribution is -2.38. The van der Waals surface area contributed by atoms with Crippen LogP contribution in [0.5, 0.6) is 0 Å². The van der Waals surface area contributed by atoms with Gasteiger partial charge in [0.25, 0.3) is 7.44 Å². The fourth-order valence-corrected chi connectivity index (χ4v) is 5.79. The van der Waals surface area contributed by atoms with E-state index >= 15 is 0 Å². The van der Waals surface area contributed by atoms with Crippen LogP contribution in [0.15, 0.2) is 48.5 Å². The average molecular weight is 519 g/mol. The average Bonchev–Trinajstić information content (AvgIpc) is 2.70.